The van der Waals surface area contributed by atoms with E-state index in [9.17, 15) is 0 Å². The molecule has 84 valence electrons. The minimum absolute atomic E-state index is 1.08. The Labute approximate surface area is 102 Å². The molecular formula is C16H15N. The van der Waals surface area contributed by atoms with Crippen molar-refractivity contribution in [2.75, 3.05) is 11.4 Å². The fourth-order valence-corrected chi connectivity index (χ4v) is 2.40. The quantitative estimate of drug-likeness (QED) is 0.740. The lowest BCUT2D eigenvalue weighted by Gasteiger charge is -2.19. The summed E-state index contributed by atoms with van der Waals surface area (Å²) in [6, 6.07) is 17.2. The van der Waals surface area contributed by atoms with Gasteiger partial charge in [0.15, 0.2) is 0 Å². The first-order chi connectivity index (χ1) is 8.38. The lowest BCUT2D eigenvalue weighted by atomic mass is 10.1. The van der Waals surface area contributed by atoms with Gasteiger partial charge in [-0.15, -0.1) is 0 Å². The van der Waals surface area contributed by atoms with Crippen LogP contribution in [0.3, 0.4) is 0 Å². The zero-order chi connectivity index (χ0) is 11.7. The monoisotopic (exact) mass is 221 g/mol. The average Bonchev–Trinajstić information content (AvgIpc) is 2.83. The Balaban J connectivity index is 1.98. The lowest BCUT2D eigenvalue weighted by molar-refractivity contribution is 0.998. The van der Waals surface area contributed by atoms with Crippen molar-refractivity contribution in [1.29, 1.82) is 0 Å². The highest BCUT2D eigenvalue weighted by Crippen LogP contribution is 2.34. The van der Waals surface area contributed by atoms with E-state index in [1.807, 2.05) is 6.08 Å². The minimum Gasteiger partial charge on any atom is -0.341 e. The molecule has 3 rings (SSSR count). The molecule has 1 aliphatic rings. The van der Waals surface area contributed by atoms with Crippen molar-refractivity contribution in [1.82, 2.24) is 0 Å². The van der Waals surface area contributed by atoms with Crippen molar-refractivity contribution in [3.8, 4) is 0 Å². The van der Waals surface area contributed by atoms with Gasteiger partial charge in [0.05, 0.1) is 0 Å². The van der Waals surface area contributed by atoms with Crippen LogP contribution >= 0.6 is 0 Å². The molecule has 1 nitrogen and oxygen atoms in total. The summed E-state index contributed by atoms with van der Waals surface area (Å²) >= 11 is 0. The number of para-hydroxylation sites is 1. The Bertz CT molecular complexity index is 540. The molecule has 0 atom stereocenters. The molecule has 1 heterocycles. The van der Waals surface area contributed by atoms with Gasteiger partial charge in [0.2, 0.25) is 0 Å². The van der Waals surface area contributed by atoms with E-state index in [0.717, 1.165) is 13.0 Å². The SMILES string of the molecule is C=Cc1ccc(N2CCc3ccccc32)cc1. The molecule has 0 saturated carbocycles. The molecule has 0 fully saturated rings. The van der Waals surface area contributed by atoms with Crippen LogP contribution in [0.25, 0.3) is 6.08 Å². The number of benzene rings is 2. The Hall–Kier alpha value is -2.02. The van der Waals surface area contributed by atoms with E-state index >= 15 is 0 Å². The zero-order valence-corrected chi connectivity index (χ0v) is 9.76. The van der Waals surface area contributed by atoms with Crippen molar-refractivity contribution in [3.05, 3.63) is 66.2 Å². The van der Waals surface area contributed by atoms with Crippen LogP contribution in [-0.4, -0.2) is 6.54 Å². The van der Waals surface area contributed by atoms with Gasteiger partial charge in [0, 0.05) is 17.9 Å². The first-order valence-corrected chi connectivity index (χ1v) is 5.96. The molecule has 0 amide bonds. The van der Waals surface area contributed by atoms with Crippen LogP contribution in [-0.2, 0) is 6.42 Å². The Morgan fingerprint density at radius 2 is 1.76 bits per heavy atom. The van der Waals surface area contributed by atoms with Crippen LogP contribution in [0.1, 0.15) is 11.1 Å². The van der Waals surface area contributed by atoms with Gasteiger partial charge in [0.1, 0.15) is 0 Å². The van der Waals surface area contributed by atoms with Crippen LogP contribution in [0.2, 0.25) is 0 Å². The predicted molar refractivity (Wildman–Crippen MR) is 73.7 cm³/mol. The van der Waals surface area contributed by atoms with E-state index in [1.54, 1.807) is 0 Å². The first kappa shape index (κ1) is 10.2. The van der Waals surface area contributed by atoms with Crippen LogP contribution in [0.4, 0.5) is 11.4 Å². The zero-order valence-electron chi connectivity index (χ0n) is 9.76. The third-order valence-corrected chi connectivity index (χ3v) is 3.33. The van der Waals surface area contributed by atoms with Crippen molar-refractivity contribution < 1.29 is 0 Å². The van der Waals surface area contributed by atoms with Crippen LogP contribution < -0.4 is 4.90 Å². The number of rotatable bonds is 2. The summed E-state index contributed by atoms with van der Waals surface area (Å²) in [7, 11) is 0. The van der Waals surface area contributed by atoms with Gasteiger partial charge < -0.3 is 4.90 Å². The lowest BCUT2D eigenvalue weighted by Crippen LogP contribution is -2.12. The van der Waals surface area contributed by atoms with Gasteiger partial charge in [0.25, 0.3) is 0 Å². The van der Waals surface area contributed by atoms with E-state index in [0.29, 0.717) is 0 Å². The second-order valence-electron chi connectivity index (χ2n) is 4.33. The van der Waals surface area contributed by atoms with E-state index in [2.05, 4.69) is 60.0 Å². The van der Waals surface area contributed by atoms with E-state index in [-0.39, 0.29) is 0 Å². The van der Waals surface area contributed by atoms with E-state index < -0.39 is 0 Å². The highest BCUT2D eigenvalue weighted by Gasteiger charge is 2.19. The Morgan fingerprint density at radius 1 is 1.00 bits per heavy atom. The third kappa shape index (κ3) is 1.74. The van der Waals surface area contributed by atoms with Gasteiger partial charge in [-0.3, -0.25) is 0 Å². The second kappa shape index (κ2) is 4.10. The molecule has 2 aromatic carbocycles. The maximum absolute atomic E-state index is 3.78. The van der Waals surface area contributed by atoms with Crippen LogP contribution in [0.5, 0.6) is 0 Å². The van der Waals surface area contributed by atoms with Crippen molar-refractivity contribution in [2.45, 2.75) is 6.42 Å². The van der Waals surface area contributed by atoms with Crippen molar-refractivity contribution in [2.24, 2.45) is 0 Å². The van der Waals surface area contributed by atoms with E-state index in [4.69, 9.17) is 0 Å². The fourth-order valence-electron chi connectivity index (χ4n) is 2.40. The number of hydrogen-bond donors (Lipinski definition) is 0. The molecule has 0 spiro atoms. The molecule has 1 heteroatoms. The Kier molecular flexibility index (Phi) is 2.45. The summed E-state index contributed by atoms with van der Waals surface area (Å²) in [5.41, 5.74) is 5.22. The molecule has 0 aliphatic carbocycles. The normalized spacial score (nSPS) is 13.5. The van der Waals surface area contributed by atoms with Gasteiger partial charge in [-0.2, -0.15) is 0 Å². The summed E-state index contributed by atoms with van der Waals surface area (Å²) in [5, 5.41) is 0. The number of anilines is 2. The van der Waals surface area contributed by atoms with Gasteiger partial charge >= 0.3 is 0 Å². The van der Waals surface area contributed by atoms with Gasteiger partial charge in [-0.05, 0) is 35.7 Å². The highest BCUT2D eigenvalue weighted by atomic mass is 15.2. The molecule has 0 N–H and O–H groups in total. The number of fused-ring (bicyclic) bond motifs is 1. The molecule has 0 aromatic heterocycles. The van der Waals surface area contributed by atoms with Crippen molar-refractivity contribution in [3.63, 3.8) is 0 Å². The maximum Gasteiger partial charge on any atom is 0.0444 e. The first-order valence-electron chi connectivity index (χ1n) is 5.96. The molecule has 0 bridgehead atoms. The summed E-state index contributed by atoms with van der Waals surface area (Å²) in [6.07, 6.45) is 3.01. The summed E-state index contributed by atoms with van der Waals surface area (Å²) in [5.74, 6) is 0. The largest absolute Gasteiger partial charge is 0.341 e. The topological polar surface area (TPSA) is 3.24 Å². The number of nitrogens with zero attached hydrogens (tertiary/aromatic N) is 1. The molecule has 0 unspecified atom stereocenters. The minimum atomic E-state index is 1.08. The summed E-state index contributed by atoms with van der Waals surface area (Å²) in [6.45, 7) is 4.86. The predicted octanol–water partition coefficient (Wildman–Crippen LogP) is 4.02. The van der Waals surface area contributed by atoms with Gasteiger partial charge in [-0.25, -0.2) is 0 Å². The highest BCUT2D eigenvalue weighted by molar-refractivity contribution is 5.70. The molecule has 17 heavy (non-hydrogen) atoms. The van der Waals surface area contributed by atoms with Crippen LogP contribution in [0.15, 0.2) is 55.1 Å². The third-order valence-electron chi connectivity index (χ3n) is 3.33. The maximum atomic E-state index is 3.78. The van der Waals surface area contributed by atoms with Crippen molar-refractivity contribution >= 4 is 17.5 Å². The average molecular weight is 221 g/mol. The molecule has 2 aromatic rings. The Morgan fingerprint density at radius 3 is 2.53 bits per heavy atom. The second-order valence-corrected chi connectivity index (χ2v) is 4.33. The summed E-state index contributed by atoms with van der Waals surface area (Å²) < 4.78 is 0. The fraction of sp³-hybridized carbons (Fsp3) is 0.125. The smallest absolute Gasteiger partial charge is 0.0444 e. The molecular weight excluding hydrogens is 206 g/mol. The summed E-state index contributed by atoms with van der Waals surface area (Å²) in [4.78, 5) is 2.38. The van der Waals surface area contributed by atoms with Gasteiger partial charge in [-0.1, -0.05) is 43.0 Å². The molecule has 0 radical (unpaired) electrons. The van der Waals surface area contributed by atoms with E-state index in [1.165, 1.54) is 22.5 Å². The standard InChI is InChI=1S/C16H15N/c1-2-13-7-9-15(10-8-13)17-12-11-14-5-3-4-6-16(14)17/h2-10H,1,11-12H2. The molecule has 1 aliphatic heterocycles. The van der Waals surface area contributed by atoms with Crippen LogP contribution in [0, 0.1) is 0 Å². The molecule has 0 saturated heterocycles. The number of hydrogen-bond acceptors (Lipinski definition) is 1.